The van der Waals surface area contributed by atoms with E-state index in [1.165, 1.54) is 14.2 Å². The standard InChI is InChI=1S/C17H20N2O4.C17H18N2O4/c2*1-17(2,16(21)22-3)11-23-14-7-4-12(5-8-14)15-9-6-13(10-20)18-19-15/h4-9,20H,10-11H2,1-3H3;4-10H,11H2,1-3H3. The van der Waals surface area contributed by atoms with Crippen molar-refractivity contribution in [2.45, 2.75) is 34.3 Å². The molecule has 4 aromatic rings. The second kappa shape index (κ2) is 16.2. The second-order valence-corrected chi connectivity index (χ2v) is 11.4. The van der Waals surface area contributed by atoms with Gasteiger partial charge in [-0.15, -0.1) is 10.2 Å². The molecule has 0 saturated heterocycles. The summed E-state index contributed by atoms with van der Waals surface area (Å²) < 4.78 is 20.8. The maximum absolute atomic E-state index is 11.6. The summed E-state index contributed by atoms with van der Waals surface area (Å²) in [7, 11) is 2.72. The summed E-state index contributed by atoms with van der Waals surface area (Å²) in [5.74, 6) is 0.668. The molecule has 4 rings (SSSR count). The SMILES string of the molecule is COC(=O)C(C)(C)COc1ccc(-c2ccc(C=O)nn2)cc1.COC(=O)C(C)(C)COc1ccc(-c2ccc(CO)nn2)cc1. The summed E-state index contributed by atoms with van der Waals surface area (Å²) in [5.41, 5.74) is 2.51. The Hall–Kier alpha value is -5.23. The number of aldehydes is 1. The Morgan fingerprint density at radius 3 is 1.41 bits per heavy atom. The number of hydrogen-bond acceptors (Lipinski definition) is 12. The first-order chi connectivity index (χ1) is 21.9. The first kappa shape index (κ1) is 35.3. The van der Waals surface area contributed by atoms with Gasteiger partial charge >= 0.3 is 11.9 Å². The van der Waals surface area contributed by atoms with Crippen LogP contribution in [0.4, 0.5) is 0 Å². The van der Waals surface area contributed by atoms with Gasteiger partial charge < -0.3 is 24.1 Å². The molecule has 12 heteroatoms. The van der Waals surface area contributed by atoms with E-state index >= 15 is 0 Å². The van der Waals surface area contributed by atoms with E-state index < -0.39 is 10.8 Å². The lowest BCUT2D eigenvalue weighted by Crippen LogP contribution is -2.32. The Balaban J connectivity index is 0.000000250. The summed E-state index contributed by atoms with van der Waals surface area (Å²) in [6.45, 7) is 7.37. The Bertz CT molecular complexity index is 1570. The molecule has 2 heterocycles. The van der Waals surface area contributed by atoms with E-state index in [1.807, 2.05) is 36.4 Å². The number of aromatic nitrogens is 4. The van der Waals surface area contributed by atoms with E-state index in [9.17, 15) is 14.4 Å². The average Bonchev–Trinajstić information content (AvgIpc) is 3.10. The van der Waals surface area contributed by atoms with Crippen LogP contribution in [0, 0.1) is 10.8 Å². The molecule has 0 aliphatic heterocycles. The van der Waals surface area contributed by atoms with Crippen molar-refractivity contribution in [3.63, 3.8) is 0 Å². The molecule has 1 N–H and O–H groups in total. The number of nitrogens with zero attached hydrogens (tertiary/aromatic N) is 4. The van der Waals surface area contributed by atoms with Crippen molar-refractivity contribution < 1.29 is 38.4 Å². The van der Waals surface area contributed by atoms with Crippen molar-refractivity contribution in [1.82, 2.24) is 20.4 Å². The maximum Gasteiger partial charge on any atom is 0.314 e. The van der Waals surface area contributed by atoms with Gasteiger partial charge in [0.15, 0.2) is 6.29 Å². The van der Waals surface area contributed by atoms with Crippen molar-refractivity contribution in [2.75, 3.05) is 27.4 Å². The quantitative estimate of drug-likeness (QED) is 0.169. The molecule has 0 fully saturated rings. The Morgan fingerprint density at radius 1 is 0.652 bits per heavy atom. The monoisotopic (exact) mass is 630 g/mol. The number of methoxy groups -OCH3 is 2. The van der Waals surface area contributed by atoms with Crippen LogP contribution in [0.25, 0.3) is 22.5 Å². The predicted octanol–water partition coefficient (Wildman–Crippen LogP) is 4.75. The number of hydrogen-bond donors (Lipinski definition) is 1. The lowest BCUT2D eigenvalue weighted by molar-refractivity contribution is -0.153. The highest BCUT2D eigenvalue weighted by Gasteiger charge is 2.30. The zero-order valence-electron chi connectivity index (χ0n) is 26.7. The molecule has 0 unspecified atom stereocenters. The van der Waals surface area contributed by atoms with E-state index in [-0.39, 0.29) is 31.8 Å². The number of aliphatic hydroxyl groups is 1. The van der Waals surface area contributed by atoms with Crippen molar-refractivity contribution in [3.05, 3.63) is 84.2 Å². The molecule has 0 aliphatic carbocycles. The molecule has 2 aromatic carbocycles. The molecule has 12 nitrogen and oxygen atoms in total. The molecule has 0 amide bonds. The van der Waals surface area contributed by atoms with E-state index in [0.29, 0.717) is 40.6 Å². The predicted molar refractivity (Wildman–Crippen MR) is 169 cm³/mol. The van der Waals surface area contributed by atoms with Crippen LogP contribution in [0.5, 0.6) is 11.5 Å². The molecular formula is C34H38N4O8. The first-order valence-corrected chi connectivity index (χ1v) is 14.3. The minimum Gasteiger partial charge on any atom is -0.492 e. The Kier molecular flexibility index (Phi) is 12.4. The van der Waals surface area contributed by atoms with Gasteiger partial charge in [-0.25, -0.2) is 0 Å². The molecule has 0 spiro atoms. The summed E-state index contributed by atoms with van der Waals surface area (Å²) in [6, 6.07) is 21.5. The minimum absolute atomic E-state index is 0.129. The lowest BCUT2D eigenvalue weighted by atomic mass is 9.95. The van der Waals surface area contributed by atoms with Gasteiger partial charge in [-0.3, -0.25) is 14.4 Å². The Labute approximate surface area is 267 Å². The number of aliphatic hydroxyl groups excluding tert-OH is 1. The summed E-state index contributed by atoms with van der Waals surface area (Å²) >= 11 is 0. The third-order valence-corrected chi connectivity index (χ3v) is 6.66. The fourth-order valence-electron chi connectivity index (χ4n) is 3.80. The van der Waals surface area contributed by atoms with E-state index in [1.54, 1.807) is 64.1 Å². The fraction of sp³-hybridized carbons (Fsp3) is 0.324. The summed E-state index contributed by atoms with van der Waals surface area (Å²) in [5, 5.41) is 24.7. The van der Waals surface area contributed by atoms with Crippen LogP contribution in [-0.4, -0.2) is 71.2 Å². The third kappa shape index (κ3) is 9.89. The van der Waals surface area contributed by atoms with Crippen LogP contribution < -0.4 is 9.47 Å². The molecule has 2 aromatic heterocycles. The summed E-state index contributed by atoms with van der Waals surface area (Å²) in [6.07, 6.45) is 0.650. The minimum atomic E-state index is -0.719. The Morgan fingerprint density at radius 2 is 1.09 bits per heavy atom. The first-order valence-electron chi connectivity index (χ1n) is 14.3. The average molecular weight is 631 g/mol. The molecule has 0 bridgehead atoms. The van der Waals surface area contributed by atoms with Gasteiger partial charge in [-0.2, -0.15) is 10.2 Å². The van der Waals surface area contributed by atoms with E-state index in [4.69, 9.17) is 24.1 Å². The number of carbonyl (C=O) groups is 3. The van der Waals surface area contributed by atoms with Gasteiger partial charge in [0.25, 0.3) is 0 Å². The van der Waals surface area contributed by atoms with Crippen LogP contribution in [0.3, 0.4) is 0 Å². The highest BCUT2D eigenvalue weighted by Crippen LogP contribution is 2.25. The number of ether oxygens (including phenoxy) is 4. The van der Waals surface area contributed by atoms with Crippen molar-refractivity contribution in [1.29, 1.82) is 0 Å². The van der Waals surface area contributed by atoms with Crippen molar-refractivity contribution in [2.24, 2.45) is 10.8 Å². The van der Waals surface area contributed by atoms with Crippen LogP contribution >= 0.6 is 0 Å². The van der Waals surface area contributed by atoms with Gasteiger partial charge in [0.2, 0.25) is 0 Å². The summed E-state index contributed by atoms with van der Waals surface area (Å²) in [4.78, 5) is 33.8. The normalized spacial score (nSPS) is 11.0. The molecule has 0 aliphatic rings. The highest BCUT2D eigenvalue weighted by atomic mass is 16.5. The van der Waals surface area contributed by atoms with Crippen LogP contribution in [0.1, 0.15) is 43.9 Å². The number of esters is 2. The highest BCUT2D eigenvalue weighted by molar-refractivity contribution is 5.76. The van der Waals surface area contributed by atoms with Gasteiger partial charge in [-0.1, -0.05) is 0 Å². The van der Waals surface area contributed by atoms with Gasteiger partial charge in [0.05, 0.1) is 48.7 Å². The van der Waals surface area contributed by atoms with Gasteiger partial charge in [-0.05, 0) is 100 Å². The van der Waals surface area contributed by atoms with Crippen LogP contribution in [0.15, 0.2) is 72.8 Å². The zero-order valence-corrected chi connectivity index (χ0v) is 26.7. The topological polar surface area (TPSA) is 160 Å². The zero-order chi connectivity index (χ0) is 33.7. The molecule has 0 atom stereocenters. The van der Waals surface area contributed by atoms with Gasteiger partial charge in [0, 0.05) is 11.1 Å². The lowest BCUT2D eigenvalue weighted by Gasteiger charge is -2.21. The molecule has 0 saturated carbocycles. The molecular weight excluding hydrogens is 592 g/mol. The van der Waals surface area contributed by atoms with Crippen LogP contribution in [-0.2, 0) is 25.7 Å². The van der Waals surface area contributed by atoms with E-state index in [0.717, 1.165) is 11.1 Å². The third-order valence-electron chi connectivity index (χ3n) is 6.66. The van der Waals surface area contributed by atoms with Crippen molar-refractivity contribution in [3.8, 4) is 34.0 Å². The van der Waals surface area contributed by atoms with Gasteiger partial charge in [0.1, 0.15) is 30.4 Å². The fourth-order valence-corrected chi connectivity index (χ4v) is 3.80. The number of rotatable bonds is 12. The smallest absolute Gasteiger partial charge is 0.314 e. The molecule has 242 valence electrons. The van der Waals surface area contributed by atoms with Crippen LogP contribution in [0.2, 0.25) is 0 Å². The van der Waals surface area contributed by atoms with Crippen molar-refractivity contribution >= 4 is 18.2 Å². The molecule has 46 heavy (non-hydrogen) atoms. The number of carbonyl (C=O) groups excluding carboxylic acids is 3. The second-order valence-electron chi connectivity index (χ2n) is 11.4. The molecule has 0 radical (unpaired) electrons. The van der Waals surface area contributed by atoms with E-state index in [2.05, 4.69) is 20.4 Å². The maximum atomic E-state index is 11.6. The largest absolute Gasteiger partial charge is 0.492 e. The number of benzene rings is 2.